The predicted octanol–water partition coefficient (Wildman–Crippen LogP) is 2.59. The summed E-state index contributed by atoms with van der Waals surface area (Å²) in [7, 11) is 1.82. The van der Waals surface area contributed by atoms with Crippen LogP contribution in [-0.4, -0.2) is 44.1 Å². The molecule has 0 unspecified atom stereocenters. The van der Waals surface area contributed by atoms with Gasteiger partial charge in [0.15, 0.2) is 0 Å². The Morgan fingerprint density at radius 3 is 2.84 bits per heavy atom. The van der Waals surface area contributed by atoms with Gasteiger partial charge in [0, 0.05) is 26.1 Å². The molecule has 1 saturated carbocycles. The van der Waals surface area contributed by atoms with E-state index >= 15 is 0 Å². The maximum atomic E-state index is 13.2. The summed E-state index contributed by atoms with van der Waals surface area (Å²) in [4.78, 5) is 24.0. The van der Waals surface area contributed by atoms with Crippen LogP contribution in [0, 0.1) is 0 Å². The fourth-order valence-corrected chi connectivity index (χ4v) is 3.55. The molecule has 2 aromatic rings. The van der Waals surface area contributed by atoms with E-state index in [1.54, 1.807) is 12.4 Å². The topological polar surface area (TPSA) is 75.9 Å². The highest BCUT2D eigenvalue weighted by atomic mass is 16.2. The lowest BCUT2D eigenvalue weighted by atomic mass is 10.1. The van der Waals surface area contributed by atoms with Gasteiger partial charge in [-0.1, -0.05) is 0 Å². The maximum Gasteiger partial charge on any atom is 0.272 e. The van der Waals surface area contributed by atoms with E-state index in [9.17, 15) is 4.79 Å². The first-order valence-electron chi connectivity index (χ1n) is 9.09. The Morgan fingerprint density at radius 1 is 1.28 bits per heavy atom. The molecule has 25 heavy (non-hydrogen) atoms. The number of aryl methyl sites for hydroxylation is 1. The van der Waals surface area contributed by atoms with Crippen molar-refractivity contribution >= 4 is 11.7 Å². The molecule has 1 aliphatic carbocycles. The van der Waals surface area contributed by atoms with Crippen molar-refractivity contribution in [3.8, 4) is 0 Å². The highest BCUT2D eigenvalue weighted by molar-refractivity contribution is 5.93. The first-order valence-corrected chi connectivity index (χ1v) is 9.09. The first kappa shape index (κ1) is 16.1. The minimum Gasteiger partial charge on any atom is -0.372 e. The van der Waals surface area contributed by atoms with Crippen LogP contribution >= 0.6 is 0 Å². The van der Waals surface area contributed by atoms with Crippen LogP contribution in [0.25, 0.3) is 0 Å². The summed E-state index contributed by atoms with van der Waals surface area (Å²) >= 11 is 0. The Kier molecular flexibility index (Phi) is 4.15. The standard InChI is InChI=1S/C18H24N6O/c1-3-24-16(9-13(22-24)12-6-7-12)18(25)23-8-4-5-15(23)14-10-20-11-17(19-2)21-14/h9-12,15H,3-8H2,1-2H3,(H,19,21)/t15-/m0/s1. The summed E-state index contributed by atoms with van der Waals surface area (Å²) in [6.45, 7) is 3.49. The summed E-state index contributed by atoms with van der Waals surface area (Å²) < 4.78 is 1.85. The van der Waals surface area contributed by atoms with E-state index in [0.717, 1.165) is 36.6 Å². The third-order valence-corrected chi connectivity index (χ3v) is 5.08. The largest absolute Gasteiger partial charge is 0.372 e. The summed E-state index contributed by atoms with van der Waals surface area (Å²) in [5, 5.41) is 7.66. The van der Waals surface area contributed by atoms with E-state index < -0.39 is 0 Å². The fourth-order valence-electron chi connectivity index (χ4n) is 3.55. The van der Waals surface area contributed by atoms with Crippen molar-refractivity contribution < 1.29 is 4.79 Å². The van der Waals surface area contributed by atoms with Gasteiger partial charge in [0.1, 0.15) is 11.5 Å². The fraction of sp³-hybridized carbons (Fsp3) is 0.556. The van der Waals surface area contributed by atoms with Gasteiger partial charge in [0.25, 0.3) is 5.91 Å². The number of anilines is 1. The average molecular weight is 340 g/mol. The first-order chi connectivity index (χ1) is 12.2. The van der Waals surface area contributed by atoms with E-state index in [1.165, 1.54) is 12.8 Å². The second-order valence-electron chi connectivity index (χ2n) is 6.78. The number of rotatable bonds is 5. The summed E-state index contributed by atoms with van der Waals surface area (Å²) in [6.07, 6.45) is 7.74. The molecular weight excluding hydrogens is 316 g/mol. The Labute approximate surface area is 147 Å². The molecule has 132 valence electrons. The molecule has 0 radical (unpaired) electrons. The van der Waals surface area contributed by atoms with Crippen molar-refractivity contribution in [2.24, 2.45) is 0 Å². The van der Waals surface area contributed by atoms with Gasteiger partial charge in [-0.3, -0.25) is 14.5 Å². The Balaban J connectivity index is 1.62. The van der Waals surface area contributed by atoms with Gasteiger partial charge in [0.05, 0.1) is 29.8 Å². The Morgan fingerprint density at radius 2 is 2.12 bits per heavy atom. The third-order valence-electron chi connectivity index (χ3n) is 5.08. The van der Waals surface area contributed by atoms with Crippen molar-refractivity contribution in [1.82, 2.24) is 24.6 Å². The van der Waals surface area contributed by atoms with Gasteiger partial charge in [-0.2, -0.15) is 5.10 Å². The van der Waals surface area contributed by atoms with Gasteiger partial charge in [-0.25, -0.2) is 4.98 Å². The van der Waals surface area contributed by atoms with Crippen LogP contribution < -0.4 is 5.32 Å². The maximum absolute atomic E-state index is 13.2. The molecule has 0 bridgehead atoms. The van der Waals surface area contributed by atoms with Crippen molar-refractivity contribution in [3.05, 3.63) is 35.5 Å². The number of nitrogens with zero attached hydrogens (tertiary/aromatic N) is 5. The van der Waals surface area contributed by atoms with Gasteiger partial charge >= 0.3 is 0 Å². The van der Waals surface area contributed by atoms with Crippen LogP contribution in [0.2, 0.25) is 0 Å². The smallest absolute Gasteiger partial charge is 0.272 e. The summed E-state index contributed by atoms with van der Waals surface area (Å²) in [6, 6.07) is 1.98. The molecule has 1 aliphatic heterocycles. The molecule has 7 heteroatoms. The Bertz CT molecular complexity index is 782. The van der Waals surface area contributed by atoms with Crippen LogP contribution in [0.3, 0.4) is 0 Å². The monoisotopic (exact) mass is 340 g/mol. The van der Waals surface area contributed by atoms with Gasteiger partial charge in [-0.15, -0.1) is 0 Å². The Hall–Kier alpha value is -2.44. The van der Waals surface area contributed by atoms with Crippen LogP contribution in [0.15, 0.2) is 18.5 Å². The van der Waals surface area contributed by atoms with Gasteiger partial charge in [0.2, 0.25) is 0 Å². The zero-order chi connectivity index (χ0) is 17.4. The predicted molar refractivity (Wildman–Crippen MR) is 94.5 cm³/mol. The van der Waals surface area contributed by atoms with E-state index in [-0.39, 0.29) is 11.9 Å². The number of aromatic nitrogens is 4. The highest BCUT2D eigenvalue weighted by Gasteiger charge is 2.35. The third kappa shape index (κ3) is 2.99. The molecule has 0 spiro atoms. The van der Waals surface area contributed by atoms with E-state index in [2.05, 4.69) is 20.4 Å². The van der Waals surface area contributed by atoms with Crippen LogP contribution in [0.4, 0.5) is 5.82 Å². The number of hydrogen-bond donors (Lipinski definition) is 1. The molecule has 2 aliphatic rings. The van der Waals surface area contributed by atoms with Crippen LogP contribution in [0.1, 0.15) is 66.4 Å². The van der Waals surface area contributed by atoms with E-state index in [0.29, 0.717) is 18.2 Å². The summed E-state index contributed by atoms with van der Waals surface area (Å²) in [5.41, 5.74) is 2.62. The second-order valence-corrected chi connectivity index (χ2v) is 6.78. The molecule has 1 saturated heterocycles. The van der Waals surface area contributed by atoms with Crippen LogP contribution in [-0.2, 0) is 6.54 Å². The zero-order valence-electron chi connectivity index (χ0n) is 14.8. The number of carbonyl (C=O) groups is 1. The molecule has 3 heterocycles. The van der Waals surface area contributed by atoms with Crippen molar-refractivity contribution in [3.63, 3.8) is 0 Å². The lowest BCUT2D eigenvalue weighted by Gasteiger charge is -2.24. The molecular formula is C18H24N6O. The molecule has 1 atom stereocenters. The summed E-state index contributed by atoms with van der Waals surface area (Å²) in [5.74, 6) is 1.33. The number of hydrogen-bond acceptors (Lipinski definition) is 5. The highest BCUT2D eigenvalue weighted by Crippen LogP contribution is 2.40. The minimum atomic E-state index is -0.0159. The quantitative estimate of drug-likeness (QED) is 0.905. The van der Waals surface area contributed by atoms with Crippen LogP contribution in [0.5, 0.6) is 0 Å². The lowest BCUT2D eigenvalue weighted by molar-refractivity contribution is 0.0720. The number of amides is 1. The molecule has 2 aromatic heterocycles. The van der Waals surface area contributed by atoms with Gasteiger partial charge < -0.3 is 10.2 Å². The van der Waals surface area contributed by atoms with Crippen molar-refractivity contribution in [2.75, 3.05) is 18.9 Å². The van der Waals surface area contributed by atoms with Crippen molar-refractivity contribution in [2.45, 2.75) is 51.1 Å². The van der Waals surface area contributed by atoms with E-state index in [4.69, 9.17) is 0 Å². The van der Waals surface area contributed by atoms with Crippen molar-refractivity contribution in [1.29, 1.82) is 0 Å². The molecule has 0 aromatic carbocycles. The number of carbonyl (C=O) groups excluding carboxylic acids is 1. The SMILES string of the molecule is CCn1nc(C2CC2)cc1C(=O)N1CCC[C@H]1c1cncc(NC)n1. The molecule has 7 nitrogen and oxygen atoms in total. The average Bonchev–Trinajstić information content (AvgIpc) is 3.23. The zero-order valence-corrected chi connectivity index (χ0v) is 14.8. The number of nitrogens with one attached hydrogen (secondary N) is 1. The molecule has 4 rings (SSSR count). The molecule has 2 fully saturated rings. The second kappa shape index (κ2) is 6.46. The normalized spacial score (nSPS) is 20.1. The van der Waals surface area contributed by atoms with Gasteiger partial charge in [-0.05, 0) is 38.7 Å². The minimum absolute atomic E-state index is 0.0159. The molecule has 1 N–H and O–H groups in total. The van der Waals surface area contributed by atoms with E-state index in [1.807, 2.05) is 29.6 Å². The number of likely N-dealkylation sites (tertiary alicyclic amines) is 1. The lowest BCUT2D eigenvalue weighted by Crippen LogP contribution is -2.32. The molecule has 1 amide bonds.